The summed E-state index contributed by atoms with van der Waals surface area (Å²) in [5, 5.41) is 8.72. The molecule has 8 heteroatoms. The third-order valence-corrected chi connectivity index (χ3v) is 4.14. The monoisotopic (exact) mass is 361 g/mol. The van der Waals surface area contributed by atoms with E-state index in [0.29, 0.717) is 6.07 Å². The van der Waals surface area contributed by atoms with Gasteiger partial charge in [-0.1, -0.05) is 0 Å². The number of hydrogen-bond acceptors (Lipinski definition) is 2. The molecule has 0 aliphatic heterocycles. The molecule has 1 aromatic heterocycles. The normalized spacial score (nSPS) is 20.8. The van der Waals surface area contributed by atoms with Crippen LogP contribution in [0.25, 0.3) is 10.9 Å². The molecular formula is C13H7BrF3NO3. The quantitative estimate of drug-likeness (QED) is 0.836. The van der Waals surface area contributed by atoms with Gasteiger partial charge in [0.1, 0.15) is 11.7 Å². The van der Waals surface area contributed by atoms with Crippen LogP contribution in [0.3, 0.4) is 0 Å². The van der Waals surface area contributed by atoms with Gasteiger partial charge in [-0.15, -0.1) is 0 Å². The molecule has 1 aliphatic carbocycles. The number of carboxylic acid groups (broad SMARTS) is 1. The predicted octanol–water partition coefficient (Wildman–Crippen LogP) is 3.02. The molecule has 1 aromatic carbocycles. The van der Waals surface area contributed by atoms with Gasteiger partial charge in [0.15, 0.2) is 11.6 Å². The van der Waals surface area contributed by atoms with Crippen LogP contribution in [-0.2, 0) is 0 Å². The Morgan fingerprint density at radius 2 is 2.05 bits per heavy atom. The second-order valence-corrected chi connectivity index (χ2v) is 5.58. The zero-order valence-corrected chi connectivity index (χ0v) is 11.8. The molecule has 0 saturated heterocycles. The third kappa shape index (κ3) is 2.05. The van der Waals surface area contributed by atoms with Crippen molar-refractivity contribution < 1.29 is 23.1 Å². The van der Waals surface area contributed by atoms with E-state index in [0.717, 1.165) is 6.20 Å². The van der Waals surface area contributed by atoms with Crippen LogP contribution < -0.4 is 5.43 Å². The molecule has 0 radical (unpaired) electrons. The van der Waals surface area contributed by atoms with E-state index in [1.54, 1.807) is 0 Å². The molecule has 1 heterocycles. The van der Waals surface area contributed by atoms with E-state index in [9.17, 15) is 22.8 Å². The summed E-state index contributed by atoms with van der Waals surface area (Å²) in [5.41, 5.74) is -1.60. The van der Waals surface area contributed by atoms with E-state index in [1.807, 2.05) is 0 Å². The summed E-state index contributed by atoms with van der Waals surface area (Å²) >= 11 is 2.85. The summed E-state index contributed by atoms with van der Waals surface area (Å²) < 4.78 is 41.3. The number of carboxylic acids is 1. The maximum atomic E-state index is 13.7. The zero-order chi connectivity index (χ0) is 15.5. The highest BCUT2D eigenvalue weighted by Gasteiger charge is 2.40. The smallest absolute Gasteiger partial charge is 0.341 e. The van der Waals surface area contributed by atoms with Gasteiger partial charge in [0.2, 0.25) is 5.43 Å². The van der Waals surface area contributed by atoms with Crippen molar-refractivity contribution in [2.75, 3.05) is 0 Å². The summed E-state index contributed by atoms with van der Waals surface area (Å²) in [5.74, 6) is -4.00. The summed E-state index contributed by atoms with van der Waals surface area (Å²) in [4.78, 5) is 23.2. The lowest BCUT2D eigenvalue weighted by Gasteiger charge is -2.13. The summed E-state index contributed by atoms with van der Waals surface area (Å²) in [7, 11) is 0. The van der Waals surface area contributed by atoms with Crippen molar-refractivity contribution in [1.29, 1.82) is 0 Å². The number of nitrogens with zero attached hydrogens (tertiary/aromatic N) is 1. The molecule has 3 rings (SSSR count). The number of fused-ring (bicyclic) bond motifs is 1. The standard InChI is InChI=1S/C13H7BrF3NO3/c14-9-10(17)7(16)1-4-11(9)18(8-2-6(8)15)3-5(12(4)19)13(20)21/h1,3,6,8H,2H2,(H,20,21)/t6-,8+/m0/s1. The van der Waals surface area contributed by atoms with Crippen molar-refractivity contribution in [3.8, 4) is 0 Å². The fraction of sp³-hybridized carbons (Fsp3) is 0.231. The molecule has 1 saturated carbocycles. The number of alkyl halides is 1. The first-order valence-corrected chi connectivity index (χ1v) is 6.72. The molecule has 0 bridgehead atoms. The van der Waals surface area contributed by atoms with Crippen LogP contribution in [0.2, 0.25) is 0 Å². The Hall–Kier alpha value is -1.83. The van der Waals surface area contributed by atoms with Gasteiger partial charge in [0, 0.05) is 12.6 Å². The number of halogens is 4. The van der Waals surface area contributed by atoms with Crippen molar-refractivity contribution in [3.05, 3.63) is 44.2 Å². The molecule has 1 fully saturated rings. The first-order valence-electron chi connectivity index (χ1n) is 5.92. The first-order chi connectivity index (χ1) is 9.82. The molecule has 110 valence electrons. The van der Waals surface area contributed by atoms with Gasteiger partial charge in [-0.3, -0.25) is 4.79 Å². The van der Waals surface area contributed by atoms with Gasteiger partial charge in [0.05, 0.1) is 21.4 Å². The molecule has 0 spiro atoms. The van der Waals surface area contributed by atoms with Crippen molar-refractivity contribution in [2.45, 2.75) is 18.6 Å². The van der Waals surface area contributed by atoms with Crippen molar-refractivity contribution in [1.82, 2.24) is 4.57 Å². The number of aromatic carboxylic acids is 1. The maximum Gasteiger partial charge on any atom is 0.341 e. The van der Waals surface area contributed by atoms with E-state index in [1.165, 1.54) is 4.57 Å². The average Bonchev–Trinajstić information content (AvgIpc) is 3.14. The topological polar surface area (TPSA) is 59.3 Å². The number of pyridine rings is 1. The Morgan fingerprint density at radius 3 is 2.57 bits per heavy atom. The van der Waals surface area contributed by atoms with Crippen LogP contribution in [0, 0.1) is 11.6 Å². The minimum absolute atomic E-state index is 0.0472. The van der Waals surface area contributed by atoms with Gasteiger partial charge in [0.25, 0.3) is 0 Å². The highest BCUT2D eigenvalue weighted by Crippen LogP contribution is 2.42. The van der Waals surface area contributed by atoms with E-state index in [-0.39, 0.29) is 21.8 Å². The van der Waals surface area contributed by atoms with Crippen molar-refractivity contribution >= 4 is 32.8 Å². The summed E-state index contributed by atoms with van der Waals surface area (Å²) in [6, 6.07) is -0.0524. The van der Waals surface area contributed by atoms with E-state index < -0.39 is 40.8 Å². The second kappa shape index (κ2) is 4.59. The van der Waals surface area contributed by atoms with Crippen LogP contribution in [0.1, 0.15) is 22.8 Å². The number of aromatic nitrogens is 1. The van der Waals surface area contributed by atoms with Crippen LogP contribution in [0.15, 0.2) is 21.5 Å². The molecule has 1 N–H and O–H groups in total. The van der Waals surface area contributed by atoms with Crippen LogP contribution >= 0.6 is 15.9 Å². The summed E-state index contributed by atoms with van der Waals surface area (Å²) in [6.45, 7) is 0. The second-order valence-electron chi connectivity index (χ2n) is 4.79. The Labute approximate surface area is 123 Å². The molecule has 2 atom stereocenters. The van der Waals surface area contributed by atoms with Gasteiger partial charge in [-0.05, 0) is 22.0 Å². The summed E-state index contributed by atoms with van der Waals surface area (Å²) in [6.07, 6.45) is -0.112. The lowest BCUT2D eigenvalue weighted by atomic mass is 10.1. The first kappa shape index (κ1) is 14.1. The highest BCUT2D eigenvalue weighted by atomic mass is 79.9. The molecule has 4 nitrogen and oxygen atoms in total. The fourth-order valence-corrected chi connectivity index (χ4v) is 2.88. The SMILES string of the molecule is O=C(O)c1cn([C@@H]2C[C@@H]2F)c2c(Br)c(F)c(F)cc2c1=O. The highest BCUT2D eigenvalue weighted by molar-refractivity contribution is 9.10. The van der Waals surface area contributed by atoms with Gasteiger partial charge >= 0.3 is 5.97 Å². The number of benzene rings is 1. The van der Waals surface area contributed by atoms with E-state index >= 15 is 0 Å². The van der Waals surface area contributed by atoms with Crippen molar-refractivity contribution in [3.63, 3.8) is 0 Å². The molecule has 0 amide bonds. The largest absolute Gasteiger partial charge is 0.477 e. The molecule has 21 heavy (non-hydrogen) atoms. The Kier molecular flexibility index (Phi) is 3.09. The van der Waals surface area contributed by atoms with Crippen molar-refractivity contribution in [2.24, 2.45) is 0 Å². The predicted molar refractivity (Wildman–Crippen MR) is 71.3 cm³/mol. The molecule has 2 aromatic rings. The van der Waals surface area contributed by atoms with Crippen LogP contribution in [0.4, 0.5) is 13.2 Å². The Morgan fingerprint density at radius 1 is 1.43 bits per heavy atom. The molecule has 1 aliphatic rings. The lowest BCUT2D eigenvalue weighted by molar-refractivity contribution is 0.0694. The Bertz CT molecular complexity index is 849. The molecular weight excluding hydrogens is 355 g/mol. The minimum atomic E-state index is -1.51. The van der Waals surface area contributed by atoms with Crippen LogP contribution in [0.5, 0.6) is 0 Å². The van der Waals surface area contributed by atoms with Gasteiger partial charge < -0.3 is 9.67 Å². The lowest BCUT2D eigenvalue weighted by Crippen LogP contribution is -2.20. The number of hydrogen-bond donors (Lipinski definition) is 1. The van der Waals surface area contributed by atoms with E-state index in [2.05, 4.69) is 15.9 Å². The molecule has 0 unspecified atom stereocenters. The minimum Gasteiger partial charge on any atom is -0.477 e. The average molecular weight is 362 g/mol. The van der Waals surface area contributed by atoms with Crippen LogP contribution in [-0.4, -0.2) is 21.8 Å². The van der Waals surface area contributed by atoms with Gasteiger partial charge in [-0.25, -0.2) is 18.0 Å². The Balaban J connectivity index is 2.49. The number of rotatable bonds is 2. The third-order valence-electron chi connectivity index (χ3n) is 3.42. The number of carbonyl (C=O) groups is 1. The van der Waals surface area contributed by atoms with Gasteiger partial charge in [-0.2, -0.15) is 0 Å². The maximum absolute atomic E-state index is 13.7. The fourth-order valence-electron chi connectivity index (χ4n) is 2.27. The van der Waals surface area contributed by atoms with E-state index in [4.69, 9.17) is 5.11 Å². The zero-order valence-electron chi connectivity index (χ0n) is 10.2.